The molecule has 0 amide bonds. The monoisotopic (exact) mass is 241 g/mol. The van der Waals surface area contributed by atoms with Gasteiger partial charge in [-0.05, 0) is 31.9 Å². The average molecular weight is 241 g/mol. The van der Waals surface area contributed by atoms with Gasteiger partial charge in [0.2, 0.25) is 0 Å². The number of nitrogens with two attached hydrogens (primary N) is 1. The van der Waals surface area contributed by atoms with E-state index >= 15 is 0 Å². The predicted molar refractivity (Wildman–Crippen MR) is 69.8 cm³/mol. The van der Waals surface area contributed by atoms with E-state index in [1.807, 2.05) is 23.7 Å². The highest BCUT2D eigenvalue weighted by Crippen LogP contribution is 2.56. The van der Waals surface area contributed by atoms with Crippen molar-refractivity contribution >= 4 is 11.4 Å². The van der Waals surface area contributed by atoms with Crippen LogP contribution < -0.4 is 10.6 Å². The van der Waals surface area contributed by atoms with Crippen molar-refractivity contribution in [3.63, 3.8) is 0 Å². The summed E-state index contributed by atoms with van der Waals surface area (Å²) in [5, 5.41) is 4.53. The molecule has 1 saturated carbocycles. The molecule has 92 valence electrons. The molecule has 1 aliphatic heterocycles. The van der Waals surface area contributed by atoms with E-state index in [2.05, 4.69) is 28.1 Å². The van der Waals surface area contributed by atoms with Crippen molar-refractivity contribution in [3.05, 3.63) is 29.8 Å². The first kappa shape index (κ1) is 9.94. The maximum Gasteiger partial charge on any atom is 0.158 e. The number of fused-ring (bicyclic) bond motifs is 4. The second kappa shape index (κ2) is 2.85. The van der Waals surface area contributed by atoms with Gasteiger partial charge in [-0.2, -0.15) is 5.10 Å². The number of aromatic nitrogens is 3. The van der Waals surface area contributed by atoms with Crippen LogP contribution >= 0.6 is 0 Å². The summed E-state index contributed by atoms with van der Waals surface area (Å²) in [6.07, 6.45) is 2.24. The van der Waals surface area contributed by atoms with Gasteiger partial charge in [0.1, 0.15) is 11.4 Å². The maximum absolute atomic E-state index is 6.14. The molecule has 0 bridgehead atoms. The van der Waals surface area contributed by atoms with Crippen molar-refractivity contribution < 1.29 is 0 Å². The fraction of sp³-hybridized carbons (Fsp3) is 0.385. The smallest absolute Gasteiger partial charge is 0.158 e. The molecular formula is C13H15N5. The Morgan fingerprint density at radius 2 is 2.11 bits per heavy atom. The van der Waals surface area contributed by atoms with Gasteiger partial charge in [0.25, 0.3) is 0 Å². The molecule has 0 unspecified atom stereocenters. The lowest BCUT2D eigenvalue weighted by atomic mass is 10.1. The lowest BCUT2D eigenvalue weighted by Gasteiger charge is -2.36. The second-order valence-corrected chi connectivity index (χ2v) is 5.20. The molecule has 1 spiro atoms. The second-order valence-electron chi connectivity index (χ2n) is 5.20. The fourth-order valence-electron chi connectivity index (χ4n) is 3.01. The fourth-order valence-corrected chi connectivity index (χ4v) is 3.01. The van der Waals surface area contributed by atoms with Gasteiger partial charge < -0.3 is 10.6 Å². The minimum absolute atomic E-state index is 0.0176. The van der Waals surface area contributed by atoms with Crippen LogP contribution in [0.25, 0.3) is 5.69 Å². The summed E-state index contributed by atoms with van der Waals surface area (Å²) in [6.45, 7) is 1.94. The Labute approximate surface area is 105 Å². The van der Waals surface area contributed by atoms with Gasteiger partial charge in [-0.3, -0.25) is 0 Å². The maximum atomic E-state index is 6.14. The third-order valence-corrected chi connectivity index (χ3v) is 4.10. The van der Waals surface area contributed by atoms with Crippen molar-refractivity contribution in [1.82, 2.24) is 14.8 Å². The van der Waals surface area contributed by atoms with E-state index in [9.17, 15) is 0 Å². The molecule has 5 heteroatoms. The molecule has 2 N–H and O–H groups in total. The molecule has 5 nitrogen and oxygen atoms in total. The Hall–Kier alpha value is -2.04. The zero-order valence-electron chi connectivity index (χ0n) is 10.5. The van der Waals surface area contributed by atoms with Crippen molar-refractivity contribution in [2.24, 2.45) is 0 Å². The van der Waals surface area contributed by atoms with Gasteiger partial charge in [0, 0.05) is 7.05 Å². The number of rotatable bonds is 0. The highest BCUT2D eigenvalue weighted by Gasteiger charge is 2.55. The van der Waals surface area contributed by atoms with E-state index in [1.165, 1.54) is 0 Å². The van der Waals surface area contributed by atoms with Crippen LogP contribution in [0.2, 0.25) is 0 Å². The molecule has 2 heterocycles. The molecule has 2 aliphatic rings. The molecule has 0 saturated heterocycles. The van der Waals surface area contributed by atoms with Crippen molar-refractivity contribution in [2.45, 2.75) is 25.3 Å². The average Bonchev–Trinajstić information content (AvgIpc) is 3.04. The van der Waals surface area contributed by atoms with Gasteiger partial charge in [-0.15, -0.1) is 0 Å². The van der Waals surface area contributed by atoms with Crippen molar-refractivity contribution in [3.8, 4) is 5.69 Å². The number of hydrogen-bond acceptors (Lipinski definition) is 4. The van der Waals surface area contributed by atoms with Crippen LogP contribution in [0.15, 0.2) is 18.2 Å². The number of nitrogens with zero attached hydrogens (tertiary/aromatic N) is 4. The minimum atomic E-state index is 0.0176. The molecule has 2 aromatic rings. The summed E-state index contributed by atoms with van der Waals surface area (Å²) in [7, 11) is 2.11. The summed E-state index contributed by atoms with van der Waals surface area (Å²) in [5.41, 5.74) is 9.07. The summed E-state index contributed by atoms with van der Waals surface area (Å²) < 4.78 is 1.97. The van der Waals surface area contributed by atoms with Crippen LogP contribution in [0.1, 0.15) is 24.5 Å². The molecule has 18 heavy (non-hydrogen) atoms. The van der Waals surface area contributed by atoms with Crippen molar-refractivity contribution in [1.29, 1.82) is 0 Å². The van der Waals surface area contributed by atoms with E-state index in [-0.39, 0.29) is 5.54 Å². The van der Waals surface area contributed by atoms with Gasteiger partial charge in [0.05, 0.1) is 17.1 Å². The van der Waals surface area contributed by atoms with E-state index in [0.29, 0.717) is 0 Å². The minimum Gasteiger partial charge on any atom is -0.397 e. The zero-order valence-corrected chi connectivity index (χ0v) is 10.5. The highest BCUT2D eigenvalue weighted by molar-refractivity contribution is 5.80. The molecule has 0 radical (unpaired) electrons. The Kier molecular flexibility index (Phi) is 1.58. The molecule has 4 rings (SSSR count). The number of hydrogen-bond donors (Lipinski definition) is 1. The zero-order chi connectivity index (χ0) is 12.5. The Balaban J connectivity index is 2.09. The van der Waals surface area contributed by atoms with Crippen LogP contribution in [0.5, 0.6) is 0 Å². The first-order chi connectivity index (χ1) is 8.63. The first-order valence-electron chi connectivity index (χ1n) is 6.20. The SMILES string of the molecule is Cc1nc2n(n1)-c1cccc(N)c1N(C)C21CC1. The van der Waals surface area contributed by atoms with Gasteiger partial charge in [-0.1, -0.05) is 6.07 Å². The number of nitrogen functional groups attached to an aromatic ring is 1. The highest BCUT2D eigenvalue weighted by atomic mass is 15.4. The van der Waals surface area contributed by atoms with Crippen LogP contribution in [0.3, 0.4) is 0 Å². The number of benzene rings is 1. The summed E-state index contributed by atoms with van der Waals surface area (Å²) in [4.78, 5) is 6.89. The largest absolute Gasteiger partial charge is 0.397 e. The Morgan fingerprint density at radius 1 is 1.33 bits per heavy atom. The van der Waals surface area contributed by atoms with E-state index in [4.69, 9.17) is 5.73 Å². The van der Waals surface area contributed by atoms with Crippen LogP contribution in [0, 0.1) is 6.92 Å². The molecule has 1 aromatic carbocycles. The number of aryl methyl sites for hydroxylation is 1. The third kappa shape index (κ3) is 0.978. The topological polar surface area (TPSA) is 60.0 Å². The van der Waals surface area contributed by atoms with Gasteiger partial charge in [-0.25, -0.2) is 9.67 Å². The quantitative estimate of drug-likeness (QED) is 0.712. The number of para-hydroxylation sites is 1. The van der Waals surface area contributed by atoms with Crippen LogP contribution in [-0.2, 0) is 5.54 Å². The van der Waals surface area contributed by atoms with E-state index < -0.39 is 0 Å². The van der Waals surface area contributed by atoms with Gasteiger partial charge >= 0.3 is 0 Å². The molecule has 0 atom stereocenters. The Bertz CT molecular complexity index is 653. The van der Waals surface area contributed by atoms with Gasteiger partial charge in [0.15, 0.2) is 5.82 Å². The normalized spacial score (nSPS) is 18.7. The summed E-state index contributed by atoms with van der Waals surface area (Å²) in [6, 6.07) is 5.96. The standard InChI is InChI=1S/C13H15N5/c1-8-15-12-13(6-7-13)17(2)11-9(14)4-3-5-10(11)18(12)16-8/h3-5H,6-7,14H2,1-2H3. The Morgan fingerprint density at radius 3 is 2.83 bits per heavy atom. The molecule has 1 aromatic heterocycles. The molecule has 1 aliphatic carbocycles. The van der Waals surface area contributed by atoms with Crippen LogP contribution in [0.4, 0.5) is 11.4 Å². The van der Waals surface area contributed by atoms with E-state index in [0.717, 1.165) is 41.6 Å². The summed E-state index contributed by atoms with van der Waals surface area (Å²) >= 11 is 0. The summed E-state index contributed by atoms with van der Waals surface area (Å²) in [5.74, 6) is 1.88. The first-order valence-corrected chi connectivity index (χ1v) is 6.20. The predicted octanol–water partition coefficient (Wildman–Crippen LogP) is 1.60. The molecular weight excluding hydrogens is 226 g/mol. The van der Waals surface area contributed by atoms with E-state index in [1.54, 1.807) is 0 Å². The lowest BCUT2D eigenvalue weighted by molar-refractivity contribution is 0.572. The number of anilines is 2. The molecule has 1 fully saturated rings. The third-order valence-electron chi connectivity index (χ3n) is 4.10. The lowest BCUT2D eigenvalue weighted by Crippen LogP contribution is -2.39. The van der Waals surface area contributed by atoms with Crippen molar-refractivity contribution in [2.75, 3.05) is 17.7 Å². The van der Waals surface area contributed by atoms with Crippen LogP contribution in [-0.4, -0.2) is 21.8 Å².